The van der Waals surface area contributed by atoms with Crippen molar-refractivity contribution in [3.8, 4) is 0 Å². The maximum absolute atomic E-state index is 11.5. The van der Waals surface area contributed by atoms with Crippen LogP contribution in [0.3, 0.4) is 0 Å². The Balaban J connectivity index is 1.43. The zero-order chi connectivity index (χ0) is 40.5. The van der Waals surface area contributed by atoms with Gasteiger partial charge in [0.2, 0.25) is 5.69 Å². The predicted molar refractivity (Wildman–Crippen MR) is 229 cm³/mol. The Hall–Kier alpha value is -4.49. The lowest BCUT2D eigenvalue weighted by Gasteiger charge is -2.28. The van der Waals surface area contributed by atoms with E-state index in [9.17, 15) is 25.9 Å². The van der Waals surface area contributed by atoms with E-state index in [1.54, 1.807) is 0 Å². The smallest absolute Gasteiger partial charge is 0.264 e. The van der Waals surface area contributed by atoms with Gasteiger partial charge in [0.1, 0.15) is 6.54 Å². The minimum Gasteiger partial charge on any atom is -0.397 e. The van der Waals surface area contributed by atoms with Gasteiger partial charge in [-0.25, -0.2) is 0 Å². The van der Waals surface area contributed by atoms with Gasteiger partial charge >= 0.3 is 0 Å². The molecule has 3 aliphatic rings. The van der Waals surface area contributed by atoms with Gasteiger partial charge in [0, 0.05) is 47.5 Å². The molecular formula is C44H55N4O6S2+. The average molecular weight is 800 g/mol. The Morgan fingerprint density at radius 1 is 0.750 bits per heavy atom. The summed E-state index contributed by atoms with van der Waals surface area (Å²) < 4.78 is 66.8. The van der Waals surface area contributed by atoms with E-state index < -0.39 is 20.2 Å². The van der Waals surface area contributed by atoms with Gasteiger partial charge in [-0.2, -0.15) is 21.4 Å². The molecule has 298 valence electrons. The maximum atomic E-state index is 11.5. The number of unbranched alkanes of at least 4 members (excludes halogenated alkanes) is 2. The molecule has 0 unspecified atom stereocenters. The zero-order valence-corrected chi connectivity index (χ0v) is 34.5. The van der Waals surface area contributed by atoms with Crippen molar-refractivity contribution in [1.82, 2.24) is 0 Å². The minimum atomic E-state index is -4.03. The summed E-state index contributed by atoms with van der Waals surface area (Å²) in [6.07, 6.45) is 13.5. The molecule has 0 spiro atoms. The molecule has 0 saturated heterocycles. The summed E-state index contributed by atoms with van der Waals surface area (Å²) in [5.41, 5.74) is 24.3. The third-order valence-corrected chi connectivity index (χ3v) is 13.1. The minimum absolute atomic E-state index is 0.266. The van der Waals surface area contributed by atoms with Gasteiger partial charge in [-0.15, -0.1) is 0 Å². The third kappa shape index (κ3) is 8.89. The SMILES string of the molecule is CC1(C)C(C=CC2=C(c3ccc(N)c(N)c3)/C(=C/C=C3\N(CCCCS(=O)(=O)O)c4ccccc4C3(C)C)CCC2)=[N+](CCCCS(=O)(=O)O)c2ccccc21. The molecule has 0 fully saturated rings. The second kappa shape index (κ2) is 16.2. The van der Waals surface area contributed by atoms with Gasteiger partial charge in [0.15, 0.2) is 5.71 Å². The van der Waals surface area contributed by atoms with E-state index in [2.05, 4.69) is 85.7 Å². The van der Waals surface area contributed by atoms with Crippen LogP contribution in [0, 0.1) is 0 Å². The monoisotopic (exact) mass is 799 g/mol. The van der Waals surface area contributed by atoms with E-state index in [1.165, 1.54) is 22.3 Å². The van der Waals surface area contributed by atoms with Crippen molar-refractivity contribution in [2.45, 2.75) is 83.5 Å². The predicted octanol–water partition coefficient (Wildman–Crippen LogP) is 8.37. The highest BCUT2D eigenvalue weighted by molar-refractivity contribution is 7.86. The molecule has 6 N–H and O–H groups in total. The fourth-order valence-electron chi connectivity index (χ4n) is 8.59. The van der Waals surface area contributed by atoms with Crippen LogP contribution in [-0.4, -0.2) is 60.8 Å². The Morgan fingerprint density at radius 2 is 1.41 bits per heavy atom. The van der Waals surface area contributed by atoms with Crippen molar-refractivity contribution in [3.63, 3.8) is 0 Å². The molecule has 10 nitrogen and oxygen atoms in total. The summed E-state index contributed by atoms with van der Waals surface area (Å²) >= 11 is 0. The molecule has 2 aliphatic heterocycles. The molecule has 3 aromatic rings. The van der Waals surface area contributed by atoms with Crippen molar-refractivity contribution in [2.75, 3.05) is 41.0 Å². The van der Waals surface area contributed by atoms with Crippen molar-refractivity contribution in [2.24, 2.45) is 0 Å². The number of nitrogens with zero attached hydrogens (tertiary/aromatic N) is 2. The second-order valence-corrected chi connectivity index (χ2v) is 19.3. The highest BCUT2D eigenvalue weighted by atomic mass is 32.2. The molecule has 0 radical (unpaired) electrons. The Kier molecular flexibility index (Phi) is 11.9. The molecular weight excluding hydrogens is 745 g/mol. The molecule has 1 aliphatic carbocycles. The maximum Gasteiger partial charge on any atom is 0.264 e. The lowest BCUT2D eigenvalue weighted by Crippen LogP contribution is -2.28. The molecule has 0 aromatic heterocycles. The number of hydrogen-bond donors (Lipinski definition) is 4. The molecule has 0 atom stereocenters. The van der Waals surface area contributed by atoms with E-state index in [-0.39, 0.29) is 22.3 Å². The van der Waals surface area contributed by atoms with E-state index in [1.807, 2.05) is 42.5 Å². The summed E-state index contributed by atoms with van der Waals surface area (Å²) in [5, 5.41) is 0. The molecule has 0 saturated carbocycles. The Bertz CT molecular complexity index is 2390. The first-order chi connectivity index (χ1) is 26.4. The van der Waals surface area contributed by atoms with Crippen LogP contribution in [0.4, 0.5) is 22.7 Å². The molecule has 0 amide bonds. The largest absolute Gasteiger partial charge is 0.397 e. The van der Waals surface area contributed by atoms with Gasteiger partial charge in [0.25, 0.3) is 20.2 Å². The van der Waals surface area contributed by atoms with Crippen LogP contribution in [0.15, 0.2) is 108 Å². The van der Waals surface area contributed by atoms with Crippen LogP contribution in [0.25, 0.3) is 5.57 Å². The summed E-state index contributed by atoms with van der Waals surface area (Å²) in [6.45, 7) is 10.1. The van der Waals surface area contributed by atoms with Gasteiger partial charge in [-0.1, -0.05) is 68.5 Å². The Morgan fingerprint density at radius 3 is 2.11 bits per heavy atom. The van der Waals surface area contributed by atoms with Crippen molar-refractivity contribution in [3.05, 3.63) is 125 Å². The molecule has 12 heteroatoms. The topological polar surface area (TPSA) is 167 Å². The number of benzene rings is 3. The fourth-order valence-corrected chi connectivity index (χ4v) is 9.73. The van der Waals surface area contributed by atoms with Crippen LogP contribution >= 0.6 is 0 Å². The van der Waals surface area contributed by atoms with E-state index in [4.69, 9.17) is 11.5 Å². The lowest BCUT2D eigenvalue weighted by atomic mass is 9.79. The van der Waals surface area contributed by atoms with Crippen LogP contribution in [-0.2, 0) is 31.1 Å². The van der Waals surface area contributed by atoms with E-state index in [0.717, 1.165) is 53.2 Å². The number of para-hydroxylation sites is 2. The normalized spacial score (nSPS) is 19.4. The second-order valence-electron chi connectivity index (χ2n) is 16.1. The number of anilines is 3. The highest BCUT2D eigenvalue weighted by Crippen LogP contribution is 2.48. The third-order valence-electron chi connectivity index (χ3n) is 11.5. The summed E-state index contributed by atoms with van der Waals surface area (Å²) in [5.74, 6) is -0.531. The van der Waals surface area contributed by atoms with E-state index in [0.29, 0.717) is 50.1 Å². The van der Waals surface area contributed by atoms with E-state index >= 15 is 0 Å². The zero-order valence-electron chi connectivity index (χ0n) is 32.8. The first kappa shape index (κ1) is 41.2. The van der Waals surface area contributed by atoms with Crippen LogP contribution in [0.5, 0.6) is 0 Å². The summed E-state index contributed by atoms with van der Waals surface area (Å²) in [6, 6.07) is 22.5. The number of fused-ring (bicyclic) bond motifs is 2. The summed E-state index contributed by atoms with van der Waals surface area (Å²) in [7, 11) is -8.06. The average Bonchev–Trinajstić information content (AvgIpc) is 3.48. The fraction of sp³-hybridized carbons (Fsp3) is 0.386. The van der Waals surface area contributed by atoms with Gasteiger partial charge in [-0.05, 0) is 104 Å². The Labute approximate surface area is 332 Å². The number of hydrogen-bond acceptors (Lipinski definition) is 7. The van der Waals surface area contributed by atoms with Crippen LogP contribution < -0.4 is 16.4 Å². The quantitative estimate of drug-likeness (QED) is 0.0542. The number of nitrogen functional groups attached to an aromatic ring is 2. The van der Waals surface area contributed by atoms with Crippen molar-refractivity contribution in [1.29, 1.82) is 0 Å². The highest BCUT2D eigenvalue weighted by Gasteiger charge is 2.44. The molecule has 0 bridgehead atoms. The number of nitrogens with two attached hydrogens (primary N) is 2. The van der Waals surface area contributed by atoms with Crippen LogP contribution in [0.1, 0.15) is 89.3 Å². The van der Waals surface area contributed by atoms with Crippen LogP contribution in [0.2, 0.25) is 0 Å². The van der Waals surface area contributed by atoms with Gasteiger partial charge < -0.3 is 16.4 Å². The first-order valence-corrected chi connectivity index (χ1v) is 22.6. The van der Waals surface area contributed by atoms with Gasteiger partial charge in [-0.3, -0.25) is 9.11 Å². The number of rotatable bonds is 14. The van der Waals surface area contributed by atoms with Crippen molar-refractivity contribution < 1.29 is 30.5 Å². The lowest BCUT2D eigenvalue weighted by molar-refractivity contribution is -0.438. The molecule has 3 aromatic carbocycles. The standard InChI is InChI=1S/C44H54N4O6S2/c1-43(2)34-16-5-7-18-38(34)47(26-9-11-28-55(49,50)51)40(43)24-21-31-14-13-15-32(42(31)33-20-23-36(45)37(46)30-33)22-25-41-44(3,4)35-17-6-8-19-39(35)48(41)27-10-12-29-56(52,53)54/h5-8,16-25,30,45H,9-15,26-29,46H2,1-4H3,(H2,49,50,51,52,53,54)/p+1/b31-21+,40-24-. The molecule has 56 heavy (non-hydrogen) atoms. The molecule has 2 heterocycles. The van der Waals surface area contributed by atoms with Gasteiger partial charge in [0.05, 0.1) is 28.3 Å². The number of allylic oxidation sites excluding steroid dienone is 8. The molecule has 6 rings (SSSR count). The first-order valence-electron chi connectivity index (χ1n) is 19.4. The van der Waals surface area contributed by atoms with Crippen molar-refractivity contribution >= 4 is 54.3 Å². The summed E-state index contributed by atoms with van der Waals surface area (Å²) in [4.78, 5) is 2.28.